The molecule has 0 aliphatic rings. The number of nitrogens with one attached hydrogen (secondary N) is 1. The Morgan fingerprint density at radius 3 is 2.32 bits per heavy atom. The second-order valence-electron chi connectivity index (χ2n) is 7.36. The monoisotopic (exact) mass is 536 g/mol. The first-order valence-corrected chi connectivity index (χ1v) is 11.3. The smallest absolute Gasteiger partial charge is 0.307 e. The lowest BCUT2D eigenvalue weighted by Crippen LogP contribution is -2.26. The molecule has 0 bridgehead atoms. The number of hydrogen-bond acceptors (Lipinski definition) is 11. The van der Waals surface area contributed by atoms with E-state index in [-0.39, 0.29) is 35.1 Å². The molecule has 15 heteroatoms. The molecule has 2 aromatic rings. The Hall–Kier alpha value is -4.33. The van der Waals surface area contributed by atoms with Crippen molar-refractivity contribution in [2.24, 2.45) is 10.2 Å². The number of rotatable bonds is 12. The van der Waals surface area contributed by atoms with E-state index in [4.69, 9.17) is 21.1 Å². The fraction of sp³-hybridized carbons (Fsp3) is 0.364. The molecule has 0 spiro atoms. The number of nitro benzene ring substituents is 2. The summed E-state index contributed by atoms with van der Waals surface area (Å²) in [6, 6.07) is 4.68. The Morgan fingerprint density at radius 2 is 1.78 bits per heavy atom. The number of esters is 1. The van der Waals surface area contributed by atoms with Crippen molar-refractivity contribution >= 4 is 57.6 Å². The van der Waals surface area contributed by atoms with E-state index in [1.807, 2.05) is 11.8 Å². The summed E-state index contributed by atoms with van der Waals surface area (Å²) in [5.74, 6) is -0.423. The van der Waals surface area contributed by atoms with Gasteiger partial charge in [0.05, 0.1) is 53.0 Å². The molecular weight excluding hydrogens is 512 g/mol. The van der Waals surface area contributed by atoms with Gasteiger partial charge in [-0.3, -0.25) is 29.8 Å². The van der Waals surface area contributed by atoms with Gasteiger partial charge in [-0.05, 0) is 13.0 Å². The number of methoxy groups -OCH3 is 2. The molecule has 0 aliphatic heterocycles. The molecule has 0 aliphatic carbocycles. The van der Waals surface area contributed by atoms with E-state index in [2.05, 4.69) is 15.5 Å². The van der Waals surface area contributed by atoms with E-state index in [1.54, 1.807) is 13.0 Å². The molecular formula is C22H25ClN6O8. The number of nitrogens with zero attached hydrogens (tertiary/aromatic N) is 5. The maximum atomic E-state index is 12.2. The zero-order valence-electron chi connectivity index (χ0n) is 20.5. The van der Waals surface area contributed by atoms with Gasteiger partial charge in [-0.1, -0.05) is 18.5 Å². The zero-order valence-corrected chi connectivity index (χ0v) is 21.3. The Balaban J connectivity index is 2.63. The summed E-state index contributed by atoms with van der Waals surface area (Å²) in [6.07, 6.45) is 0.255. The molecule has 198 valence electrons. The van der Waals surface area contributed by atoms with Gasteiger partial charge in [0.2, 0.25) is 5.91 Å². The molecule has 1 amide bonds. The van der Waals surface area contributed by atoms with Crippen LogP contribution in [-0.2, 0) is 14.3 Å². The number of benzene rings is 2. The van der Waals surface area contributed by atoms with Crippen LogP contribution in [0.5, 0.6) is 5.75 Å². The van der Waals surface area contributed by atoms with Crippen LogP contribution in [0.4, 0.5) is 34.1 Å². The first-order valence-electron chi connectivity index (χ1n) is 10.9. The Bertz CT molecular complexity index is 1240. The van der Waals surface area contributed by atoms with Gasteiger partial charge in [-0.2, -0.15) is 0 Å². The third-order valence-electron chi connectivity index (χ3n) is 5.12. The Kier molecular flexibility index (Phi) is 10.2. The summed E-state index contributed by atoms with van der Waals surface area (Å²) >= 11 is 6.05. The zero-order chi connectivity index (χ0) is 27.7. The predicted molar refractivity (Wildman–Crippen MR) is 135 cm³/mol. The molecule has 0 fully saturated rings. The highest BCUT2D eigenvalue weighted by Crippen LogP contribution is 2.43. The van der Waals surface area contributed by atoms with E-state index >= 15 is 0 Å². The molecule has 0 saturated heterocycles. The van der Waals surface area contributed by atoms with Crippen molar-refractivity contribution in [1.29, 1.82) is 0 Å². The van der Waals surface area contributed by atoms with Crippen LogP contribution in [0.2, 0.25) is 5.02 Å². The summed E-state index contributed by atoms with van der Waals surface area (Å²) in [5, 5.41) is 32.8. The van der Waals surface area contributed by atoms with Crippen LogP contribution < -0.4 is 15.0 Å². The van der Waals surface area contributed by atoms with Crippen molar-refractivity contribution < 1.29 is 28.9 Å². The number of amides is 1. The van der Waals surface area contributed by atoms with Crippen molar-refractivity contribution in [2.75, 3.05) is 37.5 Å². The fourth-order valence-electron chi connectivity index (χ4n) is 3.19. The summed E-state index contributed by atoms with van der Waals surface area (Å²) in [6.45, 7) is 4.30. The molecule has 0 saturated carbocycles. The molecule has 0 heterocycles. The first kappa shape index (κ1) is 28.9. The summed E-state index contributed by atoms with van der Waals surface area (Å²) in [4.78, 5) is 46.6. The molecule has 37 heavy (non-hydrogen) atoms. The molecule has 2 rings (SSSR count). The highest BCUT2D eigenvalue weighted by molar-refractivity contribution is 6.33. The largest absolute Gasteiger partial charge is 0.494 e. The number of ether oxygens (including phenoxy) is 2. The third kappa shape index (κ3) is 7.33. The van der Waals surface area contributed by atoms with Gasteiger partial charge < -0.3 is 19.7 Å². The topological polar surface area (TPSA) is 179 Å². The Labute approximate surface area is 216 Å². The van der Waals surface area contributed by atoms with Crippen LogP contribution in [-0.4, -0.2) is 49.0 Å². The quantitative estimate of drug-likeness (QED) is 0.162. The standard InChI is InChI=1S/C22H25ClN6O8/c1-5-20(30)24-15-11-17(27(6-2)8-7-21(31)37-4)19(36-3)12-16(15)25-26-22-14(23)9-13(28(32)33)10-18(22)29(34)35/h9-12H,5-8H2,1-4H3,(H,24,30). The van der Waals surface area contributed by atoms with E-state index in [0.29, 0.717) is 24.5 Å². The van der Waals surface area contributed by atoms with Crippen molar-refractivity contribution in [3.8, 4) is 5.75 Å². The second-order valence-corrected chi connectivity index (χ2v) is 7.77. The molecule has 0 aromatic heterocycles. The fourth-order valence-corrected chi connectivity index (χ4v) is 3.43. The summed E-state index contributed by atoms with van der Waals surface area (Å²) in [5.41, 5.74) is -0.867. The van der Waals surface area contributed by atoms with Crippen LogP contribution >= 0.6 is 11.6 Å². The predicted octanol–water partition coefficient (Wildman–Crippen LogP) is 5.32. The minimum Gasteiger partial charge on any atom is -0.494 e. The lowest BCUT2D eigenvalue weighted by atomic mass is 10.2. The number of carbonyl (C=O) groups excluding carboxylic acids is 2. The van der Waals surface area contributed by atoms with E-state index < -0.39 is 32.9 Å². The summed E-state index contributed by atoms with van der Waals surface area (Å²) < 4.78 is 10.2. The van der Waals surface area contributed by atoms with Gasteiger partial charge >= 0.3 is 11.7 Å². The lowest BCUT2D eigenvalue weighted by molar-refractivity contribution is -0.393. The normalized spacial score (nSPS) is 10.7. The van der Waals surface area contributed by atoms with Crippen molar-refractivity contribution in [2.45, 2.75) is 26.7 Å². The molecule has 1 N–H and O–H groups in total. The van der Waals surface area contributed by atoms with Crippen LogP contribution in [0.1, 0.15) is 26.7 Å². The van der Waals surface area contributed by atoms with E-state index in [0.717, 1.165) is 12.1 Å². The molecule has 0 unspecified atom stereocenters. The van der Waals surface area contributed by atoms with Crippen LogP contribution in [0.25, 0.3) is 0 Å². The van der Waals surface area contributed by atoms with Crippen LogP contribution in [0.15, 0.2) is 34.5 Å². The number of halogens is 1. The van der Waals surface area contributed by atoms with Crippen LogP contribution in [0, 0.1) is 20.2 Å². The Morgan fingerprint density at radius 1 is 1.08 bits per heavy atom. The van der Waals surface area contributed by atoms with Gasteiger partial charge in [0.1, 0.15) is 11.4 Å². The first-order chi connectivity index (χ1) is 17.6. The molecule has 0 atom stereocenters. The molecule has 0 radical (unpaired) electrons. The number of hydrogen-bond donors (Lipinski definition) is 1. The van der Waals surface area contributed by atoms with Crippen LogP contribution in [0.3, 0.4) is 0 Å². The number of nitro groups is 2. The average molecular weight is 537 g/mol. The minimum atomic E-state index is -0.864. The second kappa shape index (κ2) is 13.1. The summed E-state index contributed by atoms with van der Waals surface area (Å²) in [7, 11) is 2.70. The number of non-ortho nitro benzene ring substituents is 1. The SMILES string of the molecule is CCC(=O)Nc1cc(N(CC)CCC(=O)OC)c(OC)cc1N=Nc1c(Cl)cc([N+](=O)[O-])cc1[N+](=O)[O-]. The van der Waals surface area contributed by atoms with Gasteiger partial charge in [0.15, 0.2) is 5.69 Å². The molecule has 14 nitrogen and oxygen atoms in total. The maximum Gasteiger partial charge on any atom is 0.307 e. The van der Waals surface area contributed by atoms with Crippen molar-refractivity contribution in [3.05, 3.63) is 49.5 Å². The van der Waals surface area contributed by atoms with Crippen molar-refractivity contribution in [1.82, 2.24) is 0 Å². The van der Waals surface area contributed by atoms with Crippen molar-refractivity contribution in [3.63, 3.8) is 0 Å². The number of carbonyl (C=O) groups is 2. The van der Waals surface area contributed by atoms with E-state index in [9.17, 15) is 29.8 Å². The van der Waals surface area contributed by atoms with Gasteiger partial charge in [-0.25, -0.2) is 0 Å². The number of anilines is 2. The van der Waals surface area contributed by atoms with Gasteiger partial charge in [0.25, 0.3) is 5.69 Å². The van der Waals surface area contributed by atoms with Gasteiger partial charge in [-0.15, -0.1) is 10.2 Å². The lowest BCUT2D eigenvalue weighted by Gasteiger charge is -2.26. The average Bonchev–Trinajstić information content (AvgIpc) is 2.87. The van der Waals surface area contributed by atoms with E-state index in [1.165, 1.54) is 20.3 Å². The molecule has 2 aromatic carbocycles. The third-order valence-corrected chi connectivity index (χ3v) is 5.41. The highest BCUT2D eigenvalue weighted by Gasteiger charge is 2.24. The maximum absolute atomic E-state index is 12.2. The number of azo groups is 1. The highest BCUT2D eigenvalue weighted by atomic mass is 35.5. The minimum absolute atomic E-state index is 0.0788. The van der Waals surface area contributed by atoms with Gasteiger partial charge in [0, 0.05) is 31.6 Å².